The molecular weight excluding hydrogens is 320 g/mol. The molecule has 0 fully saturated rings. The summed E-state index contributed by atoms with van der Waals surface area (Å²) in [5.41, 5.74) is 5.23. The van der Waals surface area contributed by atoms with Crippen molar-refractivity contribution in [3.63, 3.8) is 0 Å². The quantitative estimate of drug-likeness (QED) is 0.664. The maximum absolute atomic E-state index is 12.8. The normalized spacial score (nSPS) is 13.8. The Labute approximate surface area is 155 Å². The van der Waals surface area contributed by atoms with Crippen LogP contribution >= 0.6 is 0 Å². The van der Waals surface area contributed by atoms with Crippen LogP contribution in [0.2, 0.25) is 0 Å². The molecule has 0 saturated heterocycles. The van der Waals surface area contributed by atoms with Crippen molar-refractivity contribution in [1.82, 2.24) is 9.47 Å². The smallest absolute Gasteiger partial charge is 0.223 e. The molecule has 0 saturated carbocycles. The molecule has 0 radical (unpaired) electrons. The summed E-state index contributed by atoms with van der Waals surface area (Å²) in [7, 11) is 0. The fraction of sp³-hybridized carbons (Fsp3) is 0.348. The van der Waals surface area contributed by atoms with E-state index in [9.17, 15) is 4.79 Å². The van der Waals surface area contributed by atoms with Gasteiger partial charge in [-0.2, -0.15) is 0 Å². The third-order valence-corrected chi connectivity index (χ3v) is 5.37. The molecule has 0 N–H and O–H groups in total. The van der Waals surface area contributed by atoms with E-state index in [4.69, 9.17) is 0 Å². The summed E-state index contributed by atoms with van der Waals surface area (Å²) in [6.07, 6.45) is 5.78. The highest BCUT2D eigenvalue weighted by atomic mass is 16.2. The van der Waals surface area contributed by atoms with Crippen molar-refractivity contribution in [2.24, 2.45) is 0 Å². The van der Waals surface area contributed by atoms with Crippen molar-refractivity contribution in [2.75, 3.05) is 6.54 Å². The average molecular weight is 346 g/mol. The van der Waals surface area contributed by atoms with Gasteiger partial charge in [-0.25, -0.2) is 0 Å². The van der Waals surface area contributed by atoms with Crippen LogP contribution in [-0.4, -0.2) is 21.9 Å². The molecule has 0 spiro atoms. The molecule has 1 aromatic heterocycles. The third-order valence-electron chi connectivity index (χ3n) is 5.37. The van der Waals surface area contributed by atoms with Crippen LogP contribution in [0.5, 0.6) is 0 Å². The number of nitrogens with zero attached hydrogens (tertiary/aromatic N) is 2. The highest BCUT2D eigenvalue weighted by Crippen LogP contribution is 2.30. The number of carbonyl (C=O) groups is 1. The molecule has 26 heavy (non-hydrogen) atoms. The number of hydrogen-bond acceptors (Lipinski definition) is 1. The van der Waals surface area contributed by atoms with Gasteiger partial charge in [0.1, 0.15) is 0 Å². The summed E-state index contributed by atoms with van der Waals surface area (Å²) in [6, 6.07) is 16.8. The molecule has 0 unspecified atom stereocenters. The van der Waals surface area contributed by atoms with Crippen molar-refractivity contribution in [3.8, 4) is 0 Å². The molecule has 3 aromatic rings. The van der Waals surface area contributed by atoms with E-state index >= 15 is 0 Å². The van der Waals surface area contributed by atoms with Gasteiger partial charge < -0.3 is 9.47 Å². The van der Waals surface area contributed by atoms with Crippen LogP contribution in [0.1, 0.15) is 36.5 Å². The molecule has 3 nitrogen and oxygen atoms in total. The fourth-order valence-corrected chi connectivity index (χ4v) is 4.07. The Morgan fingerprint density at radius 3 is 2.69 bits per heavy atom. The second-order valence-corrected chi connectivity index (χ2v) is 7.21. The summed E-state index contributed by atoms with van der Waals surface area (Å²) in [5.74, 6) is 0.262. The van der Waals surface area contributed by atoms with E-state index in [0.717, 1.165) is 38.9 Å². The lowest BCUT2D eigenvalue weighted by atomic mass is 10.1. The Morgan fingerprint density at radius 1 is 1.04 bits per heavy atom. The number of benzene rings is 2. The number of carbonyl (C=O) groups excluding carboxylic acids is 1. The standard InChI is InChI=1S/C23H26N2O/c1-2-14-24-16-20-13-15-25(17-19-9-6-10-21(24)23(19)20)22(26)12-11-18-7-4-3-5-8-18/h3-10,16H,2,11-15,17H2,1H3. The number of amides is 1. The predicted octanol–water partition coefficient (Wildman–Crippen LogP) is 4.57. The monoisotopic (exact) mass is 346 g/mol. The van der Waals surface area contributed by atoms with E-state index in [0.29, 0.717) is 6.42 Å². The molecule has 0 atom stereocenters. The molecule has 1 aliphatic heterocycles. The predicted molar refractivity (Wildman–Crippen MR) is 106 cm³/mol. The van der Waals surface area contributed by atoms with Crippen molar-refractivity contribution in [2.45, 2.75) is 45.7 Å². The van der Waals surface area contributed by atoms with Gasteiger partial charge in [0.25, 0.3) is 0 Å². The van der Waals surface area contributed by atoms with Gasteiger partial charge in [-0.3, -0.25) is 4.79 Å². The van der Waals surface area contributed by atoms with Gasteiger partial charge in [-0.1, -0.05) is 49.4 Å². The van der Waals surface area contributed by atoms with E-state index in [1.54, 1.807) is 0 Å². The molecule has 1 amide bonds. The first kappa shape index (κ1) is 16.9. The average Bonchev–Trinajstić information content (AvgIpc) is 2.91. The first-order valence-corrected chi connectivity index (χ1v) is 9.67. The Kier molecular flexibility index (Phi) is 4.79. The second kappa shape index (κ2) is 7.36. The van der Waals surface area contributed by atoms with E-state index in [1.165, 1.54) is 27.6 Å². The van der Waals surface area contributed by atoms with Gasteiger partial charge in [-0.15, -0.1) is 0 Å². The Morgan fingerprint density at radius 2 is 1.88 bits per heavy atom. The van der Waals surface area contributed by atoms with E-state index in [-0.39, 0.29) is 5.91 Å². The van der Waals surface area contributed by atoms with E-state index in [1.807, 2.05) is 23.1 Å². The van der Waals surface area contributed by atoms with Crippen LogP contribution in [0.4, 0.5) is 0 Å². The highest BCUT2D eigenvalue weighted by molar-refractivity contribution is 5.88. The van der Waals surface area contributed by atoms with Gasteiger partial charge in [-0.05, 0) is 42.0 Å². The van der Waals surface area contributed by atoms with Crippen molar-refractivity contribution >= 4 is 16.8 Å². The summed E-state index contributed by atoms with van der Waals surface area (Å²) in [4.78, 5) is 14.9. The fourth-order valence-electron chi connectivity index (χ4n) is 4.07. The zero-order valence-electron chi connectivity index (χ0n) is 15.4. The van der Waals surface area contributed by atoms with Gasteiger partial charge in [0.2, 0.25) is 5.91 Å². The summed E-state index contributed by atoms with van der Waals surface area (Å²) in [6.45, 7) is 4.82. The number of rotatable bonds is 5. The third kappa shape index (κ3) is 3.26. The zero-order chi connectivity index (χ0) is 17.9. The molecule has 2 aromatic carbocycles. The van der Waals surface area contributed by atoms with E-state index in [2.05, 4.69) is 48.0 Å². The van der Waals surface area contributed by atoms with Crippen molar-refractivity contribution in [1.29, 1.82) is 0 Å². The molecular formula is C23H26N2O. The van der Waals surface area contributed by atoms with Crippen LogP contribution < -0.4 is 0 Å². The van der Waals surface area contributed by atoms with Crippen LogP contribution in [0.3, 0.4) is 0 Å². The molecule has 2 heterocycles. The van der Waals surface area contributed by atoms with Crippen LogP contribution in [-0.2, 0) is 30.7 Å². The van der Waals surface area contributed by atoms with Crippen molar-refractivity contribution in [3.05, 3.63) is 71.4 Å². The minimum absolute atomic E-state index is 0.262. The summed E-state index contributed by atoms with van der Waals surface area (Å²) in [5, 5.41) is 1.37. The number of aromatic nitrogens is 1. The number of aryl methyl sites for hydroxylation is 2. The first-order chi connectivity index (χ1) is 12.8. The molecule has 134 valence electrons. The Hall–Kier alpha value is -2.55. The molecule has 4 rings (SSSR count). The zero-order valence-corrected chi connectivity index (χ0v) is 15.4. The SMILES string of the molecule is CCCn1cc2c3c(cccc31)CN(C(=O)CCc1ccccc1)CC2. The van der Waals surface area contributed by atoms with Gasteiger partial charge in [0, 0.05) is 43.2 Å². The van der Waals surface area contributed by atoms with E-state index < -0.39 is 0 Å². The maximum Gasteiger partial charge on any atom is 0.223 e. The molecule has 1 aliphatic rings. The topological polar surface area (TPSA) is 25.2 Å². The van der Waals surface area contributed by atoms with Crippen LogP contribution in [0, 0.1) is 0 Å². The van der Waals surface area contributed by atoms with Gasteiger partial charge in [0.15, 0.2) is 0 Å². The molecule has 3 heteroatoms. The highest BCUT2D eigenvalue weighted by Gasteiger charge is 2.22. The van der Waals surface area contributed by atoms with Crippen LogP contribution in [0.15, 0.2) is 54.7 Å². The summed E-state index contributed by atoms with van der Waals surface area (Å²) >= 11 is 0. The van der Waals surface area contributed by atoms with Gasteiger partial charge in [0.05, 0.1) is 0 Å². The number of hydrogen-bond donors (Lipinski definition) is 0. The molecule has 0 bridgehead atoms. The lowest BCUT2D eigenvalue weighted by Crippen LogP contribution is -2.31. The Balaban J connectivity index is 1.53. The minimum Gasteiger partial charge on any atom is -0.347 e. The lowest BCUT2D eigenvalue weighted by molar-refractivity contribution is -0.131. The first-order valence-electron chi connectivity index (χ1n) is 9.67. The summed E-state index contributed by atoms with van der Waals surface area (Å²) < 4.78 is 2.38. The minimum atomic E-state index is 0.262. The lowest BCUT2D eigenvalue weighted by Gasteiger charge is -2.21. The van der Waals surface area contributed by atoms with Crippen molar-refractivity contribution < 1.29 is 4.79 Å². The maximum atomic E-state index is 12.8. The second-order valence-electron chi connectivity index (χ2n) is 7.21. The Bertz CT molecular complexity index is 911. The van der Waals surface area contributed by atoms with Gasteiger partial charge >= 0.3 is 0 Å². The van der Waals surface area contributed by atoms with Crippen LogP contribution in [0.25, 0.3) is 10.9 Å². The largest absolute Gasteiger partial charge is 0.347 e. The molecule has 0 aliphatic carbocycles.